The summed E-state index contributed by atoms with van der Waals surface area (Å²) >= 11 is 0. The molecule has 1 saturated heterocycles. The van der Waals surface area contributed by atoms with Crippen LogP contribution in [0.15, 0.2) is 54.6 Å². The van der Waals surface area contributed by atoms with Gasteiger partial charge in [0.1, 0.15) is 0 Å². The number of hydrogen-bond acceptors (Lipinski definition) is 3. The Labute approximate surface area is 164 Å². The number of carbonyl (C=O) groups excluding carboxylic acids is 3. The van der Waals surface area contributed by atoms with Crippen molar-refractivity contribution in [1.82, 2.24) is 9.80 Å². The quantitative estimate of drug-likeness (QED) is 0.797. The zero-order chi connectivity index (χ0) is 20.1. The molecule has 0 saturated carbocycles. The molecule has 1 fully saturated rings. The lowest BCUT2D eigenvalue weighted by molar-refractivity contribution is -0.135. The first-order chi connectivity index (χ1) is 13.4. The van der Waals surface area contributed by atoms with Crippen LogP contribution < -0.4 is 5.73 Å². The molecule has 1 atom stereocenters. The number of hydrogen-bond donors (Lipinski definition) is 1. The number of benzene rings is 2. The van der Waals surface area contributed by atoms with E-state index in [1.807, 2.05) is 36.4 Å². The zero-order valence-electron chi connectivity index (χ0n) is 16.0. The van der Waals surface area contributed by atoms with E-state index >= 15 is 0 Å². The van der Waals surface area contributed by atoms with E-state index in [0.717, 1.165) is 12.0 Å². The highest BCUT2D eigenvalue weighted by atomic mass is 16.2. The maximum Gasteiger partial charge on any atom is 0.248 e. The van der Waals surface area contributed by atoms with Gasteiger partial charge in [-0.05, 0) is 29.7 Å². The van der Waals surface area contributed by atoms with Crippen LogP contribution >= 0.6 is 0 Å². The molecule has 3 amide bonds. The fourth-order valence-electron chi connectivity index (χ4n) is 3.55. The third-order valence-electron chi connectivity index (χ3n) is 5.08. The Balaban J connectivity index is 1.56. The highest BCUT2D eigenvalue weighted by Gasteiger charge is 2.35. The van der Waals surface area contributed by atoms with Crippen LogP contribution in [-0.4, -0.2) is 47.7 Å². The molecule has 146 valence electrons. The van der Waals surface area contributed by atoms with Crippen LogP contribution in [0.2, 0.25) is 0 Å². The number of primary amides is 1. The molecule has 0 aromatic heterocycles. The highest BCUT2D eigenvalue weighted by molar-refractivity contribution is 5.93. The molecule has 28 heavy (non-hydrogen) atoms. The second-order valence-electron chi connectivity index (χ2n) is 7.24. The minimum atomic E-state index is -0.494. The van der Waals surface area contributed by atoms with Crippen molar-refractivity contribution < 1.29 is 14.4 Å². The average molecular weight is 379 g/mol. The van der Waals surface area contributed by atoms with Gasteiger partial charge in [-0.25, -0.2) is 0 Å². The van der Waals surface area contributed by atoms with Crippen molar-refractivity contribution >= 4 is 17.7 Å². The number of carbonyl (C=O) groups is 3. The third kappa shape index (κ3) is 4.76. The zero-order valence-corrected chi connectivity index (χ0v) is 16.0. The minimum absolute atomic E-state index is 0.0263. The fraction of sp³-hybridized carbons (Fsp3) is 0.318. The van der Waals surface area contributed by atoms with E-state index in [1.54, 1.807) is 35.0 Å². The van der Waals surface area contributed by atoms with Gasteiger partial charge < -0.3 is 15.5 Å². The molecular weight excluding hydrogens is 354 g/mol. The van der Waals surface area contributed by atoms with Crippen LogP contribution in [0.1, 0.15) is 27.9 Å². The Bertz CT molecular complexity index is 866. The Morgan fingerprint density at radius 3 is 2.54 bits per heavy atom. The average Bonchev–Trinajstić information content (AvgIpc) is 3.07. The monoisotopic (exact) mass is 379 g/mol. The molecule has 0 spiro atoms. The van der Waals surface area contributed by atoms with Crippen molar-refractivity contribution in [2.24, 2.45) is 11.7 Å². The first-order valence-electron chi connectivity index (χ1n) is 9.39. The van der Waals surface area contributed by atoms with Gasteiger partial charge in [-0.3, -0.25) is 14.4 Å². The molecule has 2 N–H and O–H groups in total. The largest absolute Gasteiger partial charge is 0.366 e. The molecule has 6 heteroatoms. The van der Waals surface area contributed by atoms with Gasteiger partial charge in [-0.2, -0.15) is 0 Å². The van der Waals surface area contributed by atoms with Crippen LogP contribution in [-0.2, 0) is 22.6 Å². The van der Waals surface area contributed by atoms with Crippen LogP contribution in [0.3, 0.4) is 0 Å². The van der Waals surface area contributed by atoms with Crippen molar-refractivity contribution in [2.75, 3.05) is 20.1 Å². The Kier molecular flexibility index (Phi) is 6.09. The molecule has 0 bridgehead atoms. The predicted octanol–water partition coefficient (Wildman–Crippen LogP) is 1.84. The summed E-state index contributed by atoms with van der Waals surface area (Å²) < 4.78 is 0. The summed E-state index contributed by atoms with van der Waals surface area (Å²) in [4.78, 5) is 39.8. The maximum atomic E-state index is 12.8. The number of likely N-dealkylation sites (tertiary alicyclic amines) is 1. The number of amides is 3. The van der Waals surface area contributed by atoms with Gasteiger partial charge in [0.05, 0.1) is 5.92 Å². The van der Waals surface area contributed by atoms with Gasteiger partial charge in [0.2, 0.25) is 17.7 Å². The van der Waals surface area contributed by atoms with Crippen LogP contribution in [0.25, 0.3) is 0 Å². The lowest BCUT2D eigenvalue weighted by atomic mass is 10.1. The van der Waals surface area contributed by atoms with E-state index in [4.69, 9.17) is 5.73 Å². The molecule has 0 radical (unpaired) electrons. The smallest absolute Gasteiger partial charge is 0.248 e. The SMILES string of the molecule is CN(Cc1cccc(C(N)=O)c1)C(=O)C1CC(=O)N(CCc2ccccc2)C1. The third-order valence-corrected chi connectivity index (χ3v) is 5.08. The van der Waals surface area contributed by atoms with Crippen LogP contribution in [0, 0.1) is 5.92 Å². The van der Waals surface area contributed by atoms with E-state index in [1.165, 1.54) is 5.56 Å². The van der Waals surface area contributed by atoms with E-state index < -0.39 is 5.91 Å². The van der Waals surface area contributed by atoms with Gasteiger partial charge in [0.25, 0.3) is 0 Å². The maximum absolute atomic E-state index is 12.8. The Morgan fingerprint density at radius 2 is 1.82 bits per heavy atom. The summed E-state index contributed by atoms with van der Waals surface area (Å²) in [6.07, 6.45) is 1.03. The summed E-state index contributed by atoms with van der Waals surface area (Å²) in [6, 6.07) is 16.9. The van der Waals surface area contributed by atoms with Crippen molar-refractivity contribution in [3.05, 3.63) is 71.3 Å². The number of nitrogens with two attached hydrogens (primary N) is 1. The minimum Gasteiger partial charge on any atom is -0.366 e. The first kappa shape index (κ1) is 19.6. The molecule has 1 aliphatic rings. The highest BCUT2D eigenvalue weighted by Crippen LogP contribution is 2.21. The topological polar surface area (TPSA) is 83.7 Å². The van der Waals surface area contributed by atoms with Crippen molar-refractivity contribution in [2.45, 2.75) is 19.4 Å². The second kappa shape index (κ2) is 8.69. The normalized spacial score (nSPS) is 16.2. The van der Waals surface area contributed by atoms with Crippen molar-refractivity contribution in [3.63, 3.8) is 0 Å². The van der Waals surface area contributed by atoms with Gasteiger partial charge in [0, 0.05) is 38.7 Å². The van der Waals surface area contributed by atoms with E-state index in [2.05, 4.69) is 0 Å². The molecule has 6 nitrogen and oxygen atoms in total. The molecule has 3 rings (SSSR count). The molecule has 0 aliphatic carbocycles. The summed E-state index contributed by atoms with van der Waals surface area (Å²) in [5, 5.41) is 0. The van der Waals surface area contributed by atoms with E-state index in [0.29, 0.717) is 25.2 Å². The lowest BCUT2D eigenvalue weighted by Gasteiger charge is -2.22. The molecule has 2 aromatic rings. The molecule has 1 unspecified atom stereocenters. The van der Waals surface area contributed by atoms with Crippen molar-refractivity contribution in [3.8, 4) is 0 Å². The molecular formula is C22H25N3O3. The van der Waals surface area contributed by atoms with Gasteiger partial charge in [-0.15, -0.1) is 0 Å². The van der Waals surface area contributed by atoms with Gasteiger partial charge >= 0.3 is 0 Å². The summed E-state index contributed by atoms with van der Waals surface area (Å²) in [6.45, 7) is 1.45. The number of nitrogens with zero attached hydrogens (tertiary/aromatic N) is 2. The van der Waals surface area contributed by atoms with Crippen LogP contribution in [0.4, 0.5) is 0 Å². The van der Waals surface area contributed by atoms with Crippen molar-refractivity contribution in [1.29, 1.82) is 0 Å². The van der Waals surface area contributed by atoms with E-state index in [9.17, 15) is 14.4 Å². The summed E-state index contributed by atoms with van der Waals surface area (Å²) in [7, 11) is 1.72. The van der Waals surface area contributed by atoms with Crippen LogP contribution in [0.5, 0.6) is 0 Å². The number of rotatable bonds is 7. The summed E-state index contributed by atoms with van der Waals surface area (Å²) in [5.74, 6) is -0.850. The fourth-order valence-corrected chi connectivity index (χ4v) is 3.55. The van der Waals surface area contributed by atoms with E-state index in [-0.39, 0.29) is 24.2 Å². The first-order valence-corrected chi connectivity index (χ1v) is 9.39. The standard InChI is InChI=1S/C22H25N3O3/c1-24(14-17-8-5-9-18(12-17)21(23)27)22(28)19-13-20(26)25(15-19)11-10-16-6-3-2-4-7-16/h2-9,12,19H,10-11,13-15H2,1H3,(H2,23,27). The molecule has 1 aliphatic heterocycles. The van der Waals surface area contributed by atoms with Gasteiger partial charge in [0.15, 0.2) is 0 Å². The molecule has 1 heterocycles. The lowest BCUT2D eigenvalue weighted by Crippen LogP contribution is -2.34. The predicted molar refractivity (Wildman–Crippen MR) is 106 cm³/mol. The summed E-state index contributed by atoms with van der Waals surface area (Å²) in [5.41, 5.74) is 7.74. The Morgan fingerprint density at radius 1 is 1.11 bits per heavy atom. The Hall–Kier alpha value is -3.15. The second-order valence-corrected chi connectivity index (χ2v) is 7.24. The van der Waals surface area contributed by atoms with Gasteiger partial charge in [-0.1, -0.05) is 42.5 Å². The molecule has 2 aromatic carbocycles.